The molecule has 1 aliphatic heterocycles. The van der Waals surface area contributed by atoms with Gasteiger partial charge in [-0.1, -0.05) is 30.3 Å². The van der Waals surface area contributed by atoms with Gasteiger partial charge in [0.15, 0.2) is 24.2 Å². The molecule has 0 saturated carbocycles. The van der Waals surface area contributed by atoms with Gasteiger partial charge in [-0.3, -0.25) is 14.5 Å². The van der Waals surface area contributed by atoms with Crippen LogP contribution in [0.25, 0.3) is 0 Å². The third-order valence-electron chi connectivity index (χ3n) is 3.65. The molecule has 2 amide bonds. The van der Waals surface area contributed by atoms with Crippen LogP contribution in [0, 0.1) is 0 Å². The van der Waals surface area contributed by atoms with E-state index >= 15 is 0 Å². The Balaban J connectivity index is 1.76. The number of amides is 2. The number of nitrogens with zero attached hydrogens (tertiary/aromatic N) is 2. The number of rotatable bonds is 5. The van der Waals surface area contributed by atoms with Gasteiger partial charge in [0.2, 0.25) is 5.91 Å². The Hall–Kier alpha value is -3.42. The molecule has 1 unspecified atom stereocenters. The Labute approximate surface area is 143 Å². The van der Waals surface area contributed by atoms with E-state index in [1.807, 2.05) is 0 Å². The Kier molecular flexibility index (Phi) is 4.60. The minimum atomic E-state index is -1.20. The van der Waals surface area contributed by atoms with Crippen molar-refractivity contribution in [2.75, 3.05) is 18.1 Å². The van der Waals surface area contributed by atoms with E-state index < -0.39 is 23.8 Å². The summed E-state index contributed by atoms with van der Waals surface area (Å²) in [5.41, 5.74) is 0.440. The lowest BCUT2D eigenvalue weighted by Gasteiger charge is -2.27. The molecule has 0 bridgehead atoms. The normalized spacial score (nSPS) is 14.2. The summed E-state index contributed by atoms with van der Waals surface area (Å²) in [5.74, 6) is -1.59. The Morgan fingerprint density at radius 3 is 2.72 bits per heavy atom. The van der Waals surface area contributed by atoms with E-state index in [4.69, 9.17) is 4.74 Å². The molecule has 0 radical (unpaired) electrons. The van der Waals surface area contributed by atoms with Crippen LogP contribution in [0.3, 0.4) is 0 Å². The molecule has 0 aliphatic carbocycles. The second-order valence-electron chi connectivity index (χ2n) is 5.34. The van der Waals surface area contributed by atoms with Crippen molar-refractivity contribution in [2.24, 2.45) is 0 Å². The van der Waals surface area contributed by atoms with Crippen molar-refractivity contribution in [1.82, 2.24) is 10.3 Å². The molecular weight excluding hydrogens is 326 g/mol. The first-order valence-corrected chi connectivity index (χ1v) is 7.51. The highest BCUT2D eigenvalue weighted by Gasteiger charge is 2.30. The van der Waals surface area contributed by atoms with Crippen LogP contribution in [-0.4, -0.2) is 41.0 Å². The summed E-state index contributed by atoms with van der Waals surface area (Å²) >= 11 is 0. The molecule has 128 valence electrons. The predicted molar refractivity (Wildman–Crippen MR) is 87.0 cm³/mol. The maximum absolute atomic E-state index is 12.3. The van der Waals surface area contributed by atoms with Gasteiger partial charge < -0.3 is 15.2 Å². The lowest BCUT2D eigenvalue weighted by molar-refractivity contribution is -0.141. The van der Waals surface area contributed by atoms with Gasteiger partial charge in [0.05, 0.1) is 0 Å². The molecule has 0 saturated heterocycles. The van der Waals surface area contributed by atoms with Crippen molar-refractivity contribution < 1.29 is 24.2 Å². The number of hydrogen-bond acceptors (Lipinski definition) is 5. The fourth-order valence-corrected chi connectivity index (χ4v) is 2.48. The number of carbonyl (C=O) groups excluding carboxylic acids is 2. The van der Waals surface area contributed by atoms with Crippen molar-refractivity contribution in [3.05, 3.63) is 54.2 Å². The van der Waals surface area contributed by atoms with E-state index in [-0.39, 0.29) is 19.0 Å². The molecule has 2 heterocycles. The maximum Gasteiger partial charge on any atom is 0.330 e. The Bertz CT molecular complexity index is 809. The predicted octanol–water partition coefficient (Wildman–Crippen LogP) is 0.749. The van der Waals surface area contributed by atoms with Crippen LogP contribution in [0.15, 0.2) is 48.7 Å². The zero-order valence-electron chi connectivity index (χ0n) is 13.1. The number of anilines is 1. The summed E-state index contributed by atoms with van der Waals surface area (Å²) < 4.78 is 5.26. The molecule has 1 aromatic carbocycles. The molecule has 8 nitrogen and oxygen atoms in total. The first-order valence-electron chi connectivity index (χ1n) is 7.51. The number of carboxylic acids is 1. The van der Waals surface area contributed by atoms with E-state index in [0.717, 1.165) is 0 Å². The molecule has 3 rings (SSSR count). The van der Waals surface area contributed by atoms with E-state index in [0.29, 0.717) is 11.3 Å². The number of pyridine rings is 1. The smallest absolute Gasteiger partial charge is 0.330 e. The van der Waals surface area contributed by atoms with Crippen molar-refractivity contribution in [3.8, 4) is 5.75 Å². The fourth-order valence-electron chi connectivity index (χ4n) is 2.48. The summed E-state index contributed by atoms with van der Waals surface area (Å²) in [7, 11) is 0. The monoisotopic (exact) mass is 341 g/mol. The second kappa shape index (κ2) is 7.00. The Morgan fingerprint density at radius 1 is 1.24 bits per heavy atom. The molecule has 0 spiro atoms. The summed E-state index contributed by atoms with van der Waals surface area (Å²) in [6.07, 6.45) is 1.48. The highest BCUT2D eigenvalue weighted by molar-refractivity contribution is 6.01. The fraction of sp³-hybridized carbons (Fsp3) is 0.176. The third kappa shape index (κ3) is 3.57. The Morgan fingerprint density at radius 2 is 2.00 bits per heavy atom. The van der Waals surface area contributed by atoms with Crippen LogP contribution in [-0.2, 0) is 14.4 Å². The number of nitrogens with one attached hydrogen (secondary N) is 1. The number of hydrogen-bond donors (Lipinski definition) is 2. The minimum absolute atomic E-state index is 0.201. The average molecular weight is 341 g/mol. The van der Waals surface area contributed by atoms with Crippen LogP contribution in [0.1, 0.15) is 11.6 Å². The number of aromatic nitrogens is 1. The van der Waals surface area contributed by atoms with E-state index in [9.17, 15) is 19.5 Å². The van der Waals surface area contributed by atoms with Crippen LogP contribution in [0.5, 0.6) is 5.75 Å². The molecule has 2 aromatic rings. The highest BCUT2D eigenvalue weighted by Crippen LogP contribution is 2.28. The quantitative estimate of drug-likeness (QED) is 0.831. The van der Waals surface area contributed by atoms with Crippen LogP contribution >= 0.6 is 0 Å². The van der Waals surface area contributed by atoms with Crippen molar-refractivity contribution >= 4 is 23.6 Å². The summed E-state index contributed by atoms with van der Waals surface area (Å²) in [6, 6.07) is 10.4. The molecule has 2 N–H and O–H groups in total. The highest BCUT2D eigenvalue weighted by atomic mass is 16.5. The van der Waals surface area contributed by atoms with Gasteiger partial charge >= 0.3 is 5.97 Å². The topological polar surface area (TPSA) is 109 Å². The van der Waals surface area contributed by atoms with Gasteiger partial charge in [-0.25, -0.2) is 9.78 Å². The first-order chi connectivity index (χ1) is 12.1. The lowest BCUT2D eigenvalue weighted by atomic mass is 10.1. The lowest BCUT2D eigenvalue weighted by Crippen LogP contribution is -2.47. The largest absolute Gasteiger partial charge is 0.480 e. The number of benzene rings is 1. The number of aliphatic carboxylic acids is 1. The maximum atomic E-state index is 12.3. The standard InChI is InChI=1S/C17H15N3O5/c21-13(19-15(17(23)24)11-5-2-1-3-6-11)9-20-14(22)10-25-12-7-4-8-18-16(12)20/h1-8,15H,9-10H2,(H,19,21)(H,23,24). The van der Waals surface area contributed by atoms with Crippen LogP contribution in [0.4, 0.5) is 5.82 Å². The zero-order valence-corrected chi connectivity index (χ0v) is 13.1. The molecule has 1 aliphatic rings. The van der Waals surface area contributed by atoms with Crippen LogP contribution < -0.4 is 15.0 Å². The minimum Gasteiger partial charge on any atom is -0.480 e. The molecular formula is C17H15N3O5. The summed E-state index contributed by atoms with van der Waals surface area (Å²) in [6.45, 7) is -0.546. The number of ether oxygens (including phenoxy) is 1. The second-order valence-corrected chi connectivity index (χ2v) is 5.34. The van der Waals surface area contributed by atoms with Crippen LogP contribution in [0.2, 0.25) is 0 Å². The molecule has 0 fully saturated rings. The number of fused-ring (bicyclic) bond motifs is 1. The van der Waals surface area contributed by atoms with Gasteiger partial charge in [-0.15, -0.1) is 0 Å². The van der Waals surface area contributed by atoms with E-state index in [1.54, 1.807) is 42.5 Å². The third-order valence-corrected chi connectivity index (χ3v) is 3.65. The van der Waals surface area contributed by atoms with Crippen molar-refractivity contribution in [3.63, 3.8) is 0 Å². The molecule has 8 heteroatoms. The molecule has 25 heavy (non-hydrogen) atoms. The van der Waals surface area contributed by atoms with E-state index in [2.05, 4.69) is 10.3 Å². The van der Waals surface area contributed by atoms with Gasteiger partial charge in [0.25, 0.3) is 5.91 Å². The SMILES string of the molecule is O=C(CN1C(=O)COc2cccnc21)NC(C(=O)O)c1ccccc1. The van der Waals surface area contributed by atoms with E-state index in [1.165, 1.54) is 11.1 Å². The summed E-state index contributed by atoms with van der Waals surface area (Å²) in [5, 5.41) is 11.8. The number of carboxylic acid groups (broad SMARTS) is 1. The van der Waals surface area contributed by atoms with Gasteiger partial charge in [-0.2, -0.15) is 0 Å². The van der Waals surface area contributed by atoms with Crippen molar-refractivity contribution in [2.45, 2.75) is 6.04 Å². The number of carbonyl (C=O) groups is 3. The molecule has 1 atom stereocenters. The van der Waals surface area contributed by atoms with Gasteiger partial charge in [0, 0.05) is 6.20 Å². The summed E-state index contributed by atoms with van der Waals surface area (Å²) in [4.78, 5) is 41.1. The first kappa shape index (κ1) is 16.4. The average Bonchev–Trinajstić information content (AvgIpc) is 2.62. The van der Waals surface area contributed by atoms with Gasteiger partial charge in [0.1, 0.15) is 6.54 Å². The zero-order chi connectivity index (χ0) is 17.8. The van der Waals surface area contributed by atoms with Crippen molar-refractivity contribution in [1.29, 1.82) is 0 Å². The molecule has 1 aromatic heterocycles. The van der Waals surface area contributed by atoms with Gasteiger partial charge in [-0.05, 0) is 17.7 Å².